The highest BCUT2D eigenvalue weighted by molar-refractivity contribution is 7.86. The van der Waals surface area contributed by atoms with Crippen molar-refractivity contribution in [1.29, 1.82) is 0 Å². The number of para-hydroxylation sites is 2. The number of ether oxygens (including phenoxy) is 1. The molecule has 0 fully saturated rings. The maximum absolute atomic E-state index is 12.2. The van der Waals surface area contributed by atoms with E-state index in [1.807, 2.05) is 38.1 Å². The van der Waals surface area contributed by atoms with E-state index < -0.39 is 10.1 Å². The fraction of sp³-hybridized carbons (Fsp3) is 0.294. The number of nitrogens with zero attached hydrogens (tertiary/aromatic N) is 1. The quantitative estimate of drug-likeness (QED) is 0.838. The Morgan fingerprint density at radius 1 is 1.13 bits per heavy atom. The lowest BCUT2D eigenvalue weighted by Gasteiger charge is -2.32. The van der Waals surface area contributed by atoms with E-state index in [1.165, 1.54) is 5.06 Å². The number of rotatable bonds is 4. The summed E-state index contributed by atoms with van der Waals surface area (Å²) in [4.78, 5) is 0. The fourth-order valence-corrected chi connectivity index (χ4v) is 3.64. The Balaban J connectivity index is 2.15. The molecule has 0 atom stereocenters. The molecule has 1 aliphatic rings. The summed E-state index contributed by atoms with van der Waals surface area (Å²) in [5, 5.41) is 1.37. The molecular weight excluding hydrogens is 314 g/mol. The zero-order chi connectivity index (χ0) is 16.6. The van der Waals surface area contributed by atoms with E-state index in [1.54, 1.807) is 19.1 Å². The van der Waals surface area contributed by atoms with Crippen LogP contribution in [0.4, 0.5) is 11.4 Å². The van der Waals surface area contributed by atoms with Crippen LogP contribution in [0.5, 0.6) is 11.5 Å². The minimum Gasteiger partial charge on any atom is -0.453 e. The first-order chi connectivity index (χ1) is 10.9. The summed E-state index contributed by atoms with van der Waals surface area (Å²) in [7, 11) is -3.67. The highest BCUT2D eigenvalue weighted by atomic mass is 32.2. The van der Waals surface area contributed by atoms with Gasteiger partial charge in [0.1, 0.15) is 11.4 Å². The summed E-state index contributed by atoms with van der Waals surface area (Å²) in [5.74, 6) is 1.12. The van der Waals surface area contributed by atoms with Crippen LogP contribution in [0, 0.1) is 13.8 Å². The average Bonchev–Trinajstić information content (AvgIpc) is 2.45. The molecule has 1 heterocycles. The lowest BCUT2D eigenvalue weighted by atomic mass is 10.1. The van der Waals surface area contributed by atoms with Gasteiger partial charge < -0.3 is 4.74 Å². The third kappa shape index (κ3) is 3.04. The summed E-state index contributed by atoms with van der Waals surface area (Å²) in [6.45, 7) is 5.68. The van der Waals surface area contributed by atoms with Crippen LogP contribution in [0.25, 0.3) is 0 Å². The standard InChI is InChI=1S/C17H19NO4S/c1-4-9-23(19,20)22-18-14-7-5-6-8-15(14)21-16-11-12(2)10-13(3)17(16)18/h5-8,10-11H,4,9H2,1-3H3. The van der Waals surface area contributed by atoms with Crippen molar-refractivity contribution in [2.24, 2.45) is 0 Å². The number of benzene rings is 2. The molecule has 1 aliphatic heterocycles. The summed E-state index contributed by atoms with van der Waals surface area (Å²) in [6.07, 6.45) is 0.494. The van der Waals surface area contributed by atoms with Crippen molar-refractivity contribution >= 4 is 21.5 Å². The lowest BCUT2D eigenvalue weighted by molar-refractivity contribution is 0.307. The third-order valence-corrected chi connectivity index (χ3v) is 4.84. The minimum atomic E-state index is -3.67. The first-order valence-electron chi connectivity index (χ1n) is 7.52. The van der Waals surface area contributed by atoms with Crippen molar-refractivity contribution in [3.05, 3.63) is 47.5 Å². The Bertz CT molecular complexity index is 846. The second-order valence-electron chi connectivity index (χ2n) is 5.63. The monoisotopic (exact) mass is 333 g/mol. The molecule has 0 aliphatic carbocycles. The molecule has 0 spiro atoms. The van der Waals surface area contributed by atoms with E-state index >= 15 is 0 Å². The van der Waals surface area contributed by atoms with Crippen LogP contribution in [0.2, 0.25) is 0 Å². The molecule has 0 unspecified atom stereocenters. The summed E-state index contributed by atoms with van der Waals surface area (Å²) in [6, 6.07) is 11.1. The Hall–Kier alpha value is -2.05. The number of hydrogen-bond acceptors (Lipinski definition) is 5. The molecule has 2 aromatic carbocycles. The van der Waals surface area contributed by atoms with Crippen LogP contribution in [-0.2, 0) is 14.4 Å². The van der Waals surface area contributed by atoms with E-state index in [9.17, 15) is 8.42 Å². The number of hydrogen-bond donors (Lipinski definition) is 0. The molecule has 5 nitrogen and oxygen atoms in total. The largest absolute Gasteiger partial charge is 0.453 e. The maximum Gasteiger partial charge on any atom is 0.288 e. The van der Waals surface area contributed by atoms with Gasteiger partial charge in [-0.2, -0.15) is 13.5 Å². The normalized spacial score (nSPS) is 13.3. The fourth-order valence-electron chi connectivity index (χ4n) is 2.69. The molecule has 0 N–H and O–H groups in total. The Kier molecular flexibility index (Phi) is 4.04. The summed E-state index contributed by atoms with van der Waals surface area (Å²) < 4.78 is 35.7. The summed E-state index contributed by atoms with van der Waals surface area (Å²) in [5.41, 5.74) is 3.12. The van der Waals surface area contributed by atoms with Gasteiger partial charge >= 0.3 is 0 Å². The molecule has 0 saturated heterocycles. The number of fused-ring (bicyclic) bond motifs is 2. The first-order valence-corrected chi connectivity index (χ1v) is 9.09. The Morgan fingerprint density at radius 3 is 2.61 bits per heavy atom. The van der Waals surface area contributed by atoms with Gasteiger partial charge in [-0.15, -0.1) is 4.28 Å². The average molecular weight is 333 g/mol. The summed E-state index contributed by atoms with van der Waals surface area (Å²) >= 11 is 0. The van der Waals surface area contributed by atoms with Gasteiger partial charge in [0.25, 0.3) is 10.1 Å². The topological polar surface area (TPSA) is 55.8 Å². The van der Waals surface area contributed by atoms with Gasteiger partial charge in [0, 0.05) is 0 Å². The van der Waals surface area contributed by atoms with Gasteiger partial charge in [0.2, 0.25) is 0 Å². The highest BCUT2D eigenvalue weighted by Crippen LogP contribution is 2.48. The van der Waals surface area contributed by atoms with E-state index in [4.69, 9.17) is 9.02 Å². The van der Waals surface area contributed by atoms with Crippen molar-refractivity contribution < 1.29 is 17.4 Å². The predicted molar refractivity (Wildman–Crippen MR) is 89.7 cm³/mol. The SMILES string of the molecule is CCCS(=O)(=O)ON1c2ccccc2Oc2cc(C)cc(C)c21. The number of anilines is 2. The predicted octanol–water partition coefficient (Wildman–Crippen LogP) is 4.22. The van der Waals surface area contributed by atoms with E-state index in [-0.39, 0.29) is 5.75 Å². The van der Waals surface area contributed by atoms with Crippen LogP contribution < -0.4 is 9.80 Å². The Morgan fingerprint density at radius 2 is 1.87 bits per heavy atom. The zero-order valence-corrected chi connectivity index (χ0v) is 14.2. The zero-order valence-electron chi connectivity index (χ0n) is 13.4. The molecule has 6 heteroatoms. The van der Waals surface area contributed by atoms with Gasteiger partial charge in [-0.1, -0.05) is 25.1 Å². The molecular formula is C17H19NO4S. The van der Waals surface area contributed by atoms with Gasteiger partial charge in [-0.3, -0.25) is 0 Å². The third-order valence-electron chi connectivity index (χ3n) is 3.56. The van der Waals surface area contributed by atoms with E-state index in [2.05, 4.69) is 0 Å². The van der Waals surface area contributed by atoms with Crippen LogP contribution in [0.3, 0.4) is 0 Å². The van der Waals surface area contributed by atoms with Crippen LogP contribution in [-0.4, -0.2) is 14.2 Å². The minimum absolute atomic E-state index is 0.0350. The molecule has 0 bridgehead atoms. The van der Waals surface area contributed by atoms with Crippen molar-refractivity contribution in [3.8, 4) is 11.5 Å². The molecule has 0 amide bonds. The molecule has 2 aromatic rings. The van der Waals surface area contributed by atoms with Crippen LogP contribution in [0.1, 0.15) is 24.5 Å². The second kappa shape index (κ2) is 5.86. The number of aryl methyl sites for hydroxylation is 2. The molecule has 23 heavy (non-hydrogen) atoms. The Labute approximate surface area is 136 Å². The van der Waals surface area contributed by atoms with E-state index in [0.29, 0.717) is 29.3 Å². The first kappa shape index (κ1) is 15.8. The molecule has 0 aromatic heterocycles. The van der Waals surface area contributed by atoms with Crippen LogP contribution in [0.15, 0.2) is 36.4 Å². The highest BCUT2D eigenvalue weighted by Gasteiger charge is 2.30. The van der Waals surface area contributed by atoms with Crippen molar-refractivity contribution in [1.82, 2.24) is 0 Å². The smallest absolute Gasteiger partial charge is 0.288 e. The molecule has 0 radical (unpaired) electrons. The van der Waals surface area contributed by atoms with Gasteiger partial charge in [-0.05, 0) is 49.6 Å². The molecule has 0 saturated carbocycles. The van der Waals surface area contributed by atoms with Crippen molar-refractivity contribution in [2.75, 3.05) is 10.8 Å². The van der Waals surface area contributed by atoms with Gasteiger partial charge in [-0.25, -0.2) is 0 Å². The lowest BCUT2D eigenvalue weighted by Crippen LogP contribution is -2.27. The van der Waals surface area contributed by atoms with E-state index in [0.717, 1.165) is 11.1 Å². The van der Waals surface area contributed by atoms with Gasteiger partial charge in [0.05, 0.1) is 5.75 Å². The maximum atomic E-state index is 12.2. The van der Waals surface area contributed by atoms with Gasteiger partial charge in [0.15, 0.2) is 11.5 Å². The molecule has 122 valence electrons. The second-order valence-corrected chi connectivity index (χ2v) is 7.30. The van der Waals surface area contributed by atoms with Crippen molar-refractivity contribution in [3.63, 3.8) is 0 Å². The molecule has 3 rings (SSSR count). The van der Waals surface area contributed by atoms with Crippen LogP contribution >= 0.6 is 0 Å². The van der Waals surface area contributed by atoms with Crippen molar-refractivity contribution in [2.45, 2.75) is 27.2 Å².